The molecule has 128 valence electrons. The molecule has 0 heterocycles. The van der Waals surface area contributed by atoms with Gasteiger partial charge < -0.3 is 0 Å². The van der Waals surface area contributed by atoms with Gasteiger partial charge in [-0.05, 0) is 61.6 Å². The van der Waals surface area contributed by atoms with Gasteiger partial charge in [-0.1, -0.05) is 25.5 Å². The summed E-state index contributed by atoms with van der Waals surface area (Å²) in [7, 11) is 0. The van der Waals surface area contributed by atoms with Crippen molar-refractivity contribution in [2.75, 3.05) is 0 Å². The first-order valence-corrected chi connectivity index (χ1v) is 8.05. The fourth-order valence-corrected chi connectivity index (χ4v) is 3.20. The number of unbranched alkanes of at least 4 members (excludes halogenated alkanes) is 1. The molecule has 0 N–H and O–H groups in total. The standard InChI is InChI=1S/C18H21F5/c1-2-3-4-5-12-6-8-13(9-7-12)14-10-15(19)17(16(20)11-14)18(21,22)23/h4-5,10-13H,2-3,6-9H2,1H3/b5-4+/t12-,13-. The van der Waals surface area contributed by atoms with Crippen molar-refractivity contribution in [2.45, 2.75) is 57.5 Å². The third-order valence-electron chi connectivity index (χ3n) is 4.45. The summed E-state index contributed by atoms with van der Waals surface area (Å²) in [6.45, 7) is 2.11. The van der Waals surface area contributed by atoms with E-state index in [-0.39, 0.29) is 5.92 Å². The first-order chi connectivity index (χ1) is 10.8. The molecule has 5 heteroatoms. The Bertz CT molecular complexity index is 528. The van der Waals surface area contributed by atoms with E-state index >= 15 is 0 Å². The van der Waals surface area contributed by atoms with Gasteiger partial charge in [-0.15, -0.1) is 0 Å². The highest BCUT2D eigenvalue weighted by atomic mass is 19.4. The maximum Gasteiger partial charge on any atom is 0.422 e. The van der Waals surface area contributed by atoms with Gasteiger partial charge in [0.25, 0.3) is 0 Å². The van der Waals surface area contributed by atoms with Crippen LogP contribution >= 0.6 is 0 Å². The third kappa shape index (κ3) is 4.55. The number of alkyl halides is 3. The second-order valence-electron chi connectivity index (χ2n) is 6.19. The highest BCUT2D eigenvalue weighted by Crippen LogP contribution is 2.39. The molecular weight excluding hydrogens is 311 g/mol. The molecule has 0 atom stereocenters. The smallest absolute Gasteiger partial charge is 0.206 e. The molecule has 0 amide bonds. The molecule has 0 nitrogen and oxygen atoms in total. The van der Waals surface area contributed by atoms with Crippen LogP contribution in [-0.4, -0.2) is 0 Å². The van der Waals surface area contributed by atoms with Gasteiger partial charge in [0.15, 0.2) is 0 Å². The average molecular weight is 332 g/mol. The second kappa shape index (κ2) is 7.45. The average Bonchev–Trinajstić information content (AvgIpc) is 2.46. The van der Waals surface area contributed by atoms with Crippen molar-refractivity contribution in [2.24, 2.45) is 5.92 Å². The minimum absolute atomic E-state index is 0.0721. The molecule has 1 fully saturated rings. The van der Waals surface area contributed by atoms with Crippen LogP contribution in [-0.2, 0) is 6.18 Å². The van der Waals surface area contributed by atoms with Gasteiger partial charge in [-0.2, -0.15) is 13.2 Å². The lowest BCUT2D eigenvalue weighted by atomic mass is 9.78. The van der Waals surface area contributed by atoms with Crippen LogP contribution in [0.2, 0.25) is 0 Å². The summed E-state index contributed by atoms with van der Waals surface area (Å²) in [5.41, 5.74) is -1.46. The highest BCUT2D eigenvalue weighted by molar-refractivity contribution is 5.30. The first kappa shape index (κ1) is 18.0. The molecule has 1 aromatic rings. The van der Waals surface area contributed by atoms with Crippen molar-refractivity contribution < 1.29 is 22.0 Å². The van der Waals surface area contributed by atoms with E-state index in [4.69, 9.17) is 0 Å². The zero-order valence-corrected chi connectivity index (χ0v) is 13.1. The molecule has 0 saturated heterocycles. The van der Waals surface area contributed by atoms with Crippen LogP contribution in [0.1, 0.15) is 62.5 Å². The summed E-state index contributed by atoms with van der Waals surface area (Å²) in [5.74, 6) is -2.64. The zero-order valence-electron chi connectivity index (χ0n) is 13.1. The summed E-state index contributed by atoms with van der Waals surface area (Å²) >= 11 is 0. The lowest BCUT2D eigenvalue weighted by Crippen LogP contribution is -2.15. The highest BCUT2D eigenvalue weighted by Gasteiger charge is 2.38. The second-order valence-corrected chi connectivity index (χ2v) is 6.19. The van der Waals surface area contributed by atoms with E-state index in [9.17, 15) is 22.0 Å². The molecule has 2 rings (SSSR count). The monoisotopic (exact) mass is 332 g/mol. The number of hydrogen-bond donors (Lipinski definition) is 0. The number of benzene rings is 1. The summed E-state index contributed by atoms with van der Waals surface area (Å²) in [4.78, 5) is 0. The Morgan fingerprint density at radius 1 is 1.04 bits per heavy atom. The van der Waals surface area contributed by atoms with Gasteiger partial charge in [-0.3, -0.25) is 0 Å². The number of halogens is 5. The Morgan fingerprint density at radius 3 is 2.09 bits per heavy atom. The van der Waals surface area contributed by atoms with E-state index in [1.165, 1.54) is 0 Å². The predicted molar refractivity (Wildman–Crippen MR) is 80.1 cm³/mol. The van der Waals surface area contributed by atoms with E-state index in [0.29, 0.717) is 11.5 Å². The van der Waals surface area contributed by atoms with Crippen LogP contribution in [0.3, 0.4) is 0 Å². The van der Waals surface area contributed by atoms with Crippen molar-refractivity contribution in [3.8, 4) is 0 Å². The number of rotatable bonds is 4. The van der Waals surface area contributed by atoms with Crippen LogP contribution in [0.5, 0.6) is 0 Å². The minimum atomic E-state index is -5.01. The zero-order chi connectivity index (χ0) is 17.0. The lowest BCUT2D eigenvalue weighted by molar-refractivity contribution is -0.142. The van der Waals surface area contributed by atoms with Crippen LogP contribution in [0.15, 0.2) is 24.3 Å². The Hall–Kier alpha value is -1.39. The molecule has 0 spiro atoms. The SMILES string of the molecule is CCC/C=C/[C@H]1CC[C@H](c2cc(F)c(C(F)(F)F)c(F)c2)CC1. The van der Waals surface area contributed by atoms with Gasteiger partial charge in [-0.25, -0.2) is 8.78 Å². The molecule has 0 aromatic heterocycles. The third-order valence-corrected chi connectivity index (χ3v) is 4.45. The molecule has 23 heavy (non-hydrogen) atoms. The van der Waals surface area contributed by atoms with Crippen molar-refractivity contribution in [1.82, 2.24) is 0 Å². The van der Waals surface area contributed by atoms with E-state index in [1.54, 1.807) is 0 Å². The molecule has 1 aromatic carbocycles. The summed E-state index contributed by atoms with van der Waals surface area (Å²) in [6.07, 6.45) is 4.75. The van der Waals surface area contributed by atoms with Crippen molar-refractivity contribution >= 4 is 0 Å². The summed E-state index contributed by atoms with van der Waals surface area (Å²) < 4.78 is 65.1. The van der Waals surface area contributed by atoms with Crippen LogP contribution in [0.4, 0.5) is 22.0 Å². The fourth-order valence-electron chi connectivity index (χ4n) is 3.20. The number of allylic oxidation sites excluding steroid dienone is 2. The molecule has 1 aliphatic rings. The van der Waals surface area contributed by atoms with Crippen LogP contribution in [0, 0.1) is 17.6 Å². The van der Waals surface area contributed by atoms with E-state index in [0.717, 1.165) is 50.7 Å². The Labute approximate surface area is 133 Å². The Kier molecular flexibility index (Phi) is 5.82. The number of hydrogen-bond acceptors (Lipinski definition) is 0. The maximum absolute atomic E-state index is 13.7. The minimum Gasteiger partial charge on any atom is -0.206 e. The van der Waals surface area contributed by atoms with Gasteiger partial charge in [0.05, 0.1) is 0 Å². The lowest BCUT2D eigenvalue weighted by Gasteiger charge is -2.27. The molecule has 1 saturated carbocycles. The van der Waals surface area contributed by atoms with Crippen molar-refractivity contribution in [3.63, 3.8) is 0 Å². The quantitative estimate of drug-likeness (QED) is 0.430. The van der Waals surface area contributed by atoms with Gasteiger partial charge >= 0.3 is 6.18 Å². The van der Waals surface area contributed by atoms with Crippen molar-refractivity contribution in [1.29, 1.82) is 0 Å². The Morgan fingerprint density at radius 2 is 1.61 bits per heavy atom. The van der Waals surface area contributed by atoms with Gasteiger partial charge in [0.1, 0.15) is 17.2 Å². The molecule has 0 bridgehead atoms. The largest absolute Gasteiger partial charge is 0.422 e. The van der Waals surface area contributed by atoms with E-state index in [1.807, 2.05) is 0 Å². The van der Waals surface area contributed by atoms with Gasteiger partial charge in [0, 0.05) is 0 Å². The normalized spacial score (nSPS) is 22.7. The fraction of sp³-hybridized carbons (Fsp3) is 0.556. The van der Waals surface area contributed by atoms with Crippen LogP contribution < -0.4 is 0 Å². The van der Waals surface area contributed by atoms with Crippen molar-refractivity contribution in [3.05, 3.63) is 47.0 Å². The molecular formula is C18H21F5. The van der Waals surface area contributed by atoms with E-state index < -0.39 is 23.4 Å². The molecule has 1 aliphatic carbocycles. The van der Waals surface area contributed by atoms with Gasteiger partial charge in [0.2, 0.25) is 0 Å². The predicted octanol–water partition coefficient (Wildman–Crippen LogP) is 6.61. The van der Waals surface area contributed by atoms with Crippen LogP contribution in [0.25, 0.3) is 0 Å². The maximum atomic E-state index is 13.7. The molecule has 0 aliphatic heterocycles. The summed E-state index contributed by atoms with van der Waals surface area (Å²) in [6, 6.07) is 1.70. The molecule has 0 unspecified atom stereocenters. The summed E-state index contributed by atoms with van der Waals surface area (Å²) in [5, 5.41) is 0. The first-order valence-electron chi connectivity index (χ1n) is 8.05. The topological polar surface area (TPSA) is 0 Å². The Balaban J connectivity index is 2.07. The van der Waals surface area contributed by atoms with E-state index in [2.05, 4.69) is 19.1 Å². The molecule has 0 radical (unpaired) electrons.